The molecule has 1 atom stereocenters. The van der Waals surface area contributed by atoms with E-state index in [9.17, 15) is 4.79 Å². The summed E-state index contributed by atoms with van der Waals surface area (Å²) in [6.45, 7) is 6.81. The monoisotopic (exact) mass is 380 g/mol. The van der Waals surface area contributed by atoms with E-state index >= 15 is 0 Å². The zero-order chi connectivity index (χ0) is 19.5. The molecule has 2 aromatic carbocycles. The molecule has 0 radical (unpaired) electrons. The van der Waals surface area contributed by atoms with Crippen LogP contribution in [0.2, 0.25) is 0 Å². The van der Waals surface area contributed by atoms with Gasteiger partial charge in [0.15, 0.2) is 11.5 Å². The highest BCUT2D eigenvalue weighted by atomic mass is 16.5. The van der Waals surface area contributed by atoms with Crippen LogP contribution in [0, 0.1) is 13.8 Å². The number of aryl methyl sites for hydroxylation is 1. The van der Waals surface area contributed by atoms with E-state index in [1.807, 2.05) is 25.1 Å². The van der Waals surface area contributed by atoms with Crippen molar-refractivity contribution in [2.24, 2.45) is 0 Å². The quantitative estimate of drug-likeness (QED) is 0.862. The van der Waals surface area contributed by atoms with Crippen LogP contribution in [0.1, 0.15) is 42.0 Å². The van der Waals surface area contributed by atoms with Crippen LogP contribution in [0.4, 0.5) is 5.69 Å². The lowest BCUT2D eigenvalue weighted by Gasteiger charge is -2.25. The van der Waals surface area contributed by atoms with Gasteiger partial charge in [0.1, 0.15) is 0 Å². The zero-order valence-corrected chi connectivity index (χ0v) is 16.7. The fourth-order valence-electron chi connectivity index (χ4n) is 4.04. The summed E-state index contributed by atoms with van der Waals surface area (Å²) < 4.78 is 11.6. The number of fused-ring (bicyclic) bond motifs is 1. The van der Waals surface area contributed by atoms with Crippen LogP contribution >= 0.6 is 0 Å². The van der Waals surface area contributed by atoms with Gasteiger partial charge in [0.25, 0.3) is 0 Å². The number of hydrogen-bond acceptors (Lipinski definition) is 4. The minimum atomic E-state index is 0.0370. The summed E-state index contributed by atoms with van der Waals surface area (Å²) in [4.78, 5) is 15.0. The van der Waals surface area contributed by atoms with Crippen LogP contribution in [0.25, 0.3) is 0 Å². The summed E-state index contributed by atoms with van der Waals surface area (Å²) in [5.41, 5.74) is 4.40. The number of carbonyl (C=O) groups is 1. The van der Waals surface area contributed by atoms with Gasteiger partial charge in [0.05, 0.1) is 19.8 Å². The van der Waals surface area contributed by atoms with Gasteiger partial charge >= 0.3 is 0 Å². The molecule has 1 fully saturated rings. The number of hydrogen-bond donors (Lipinski definition) is 1. The molecule has 4 rings (SSSR count). The fraction of sp³-hybridized carbons (Fsp3) is 0.435. The van der Waals surface area contributed by atoms with Gasteiger partial charge in [-0.3, -0.25) is 9.69 Å². The second-order valence-corrected chi connectivity index (χ2v) is 7.68. The number of ether oxygens (including phenoxy) is 2. The van der Waals surface area contributed by atoms with Crippen molar-refractivity contribution in [3.8, 4) is 11.5 Å². The molecule has 0 saturated carbocycles. The SMILES string of the molecule is Cc1cccc(NC(=O)CN2CCC[C@H]2c2ccc3c(c2)OCCCO3)c1C. The van der Waals surface area contributed by atoms with Crippen molar-refractivity contribution < 1.29 is 14.3 Å². The van der Waals surface area contributed by atoms with E-state index < -0.39 is 0 Å². The molecular formula is C23H28N2O3. The second-order valence-electron chi connectivity index (χ2n) is 7.68. The highest BCUT2D eigenvalue weighted by Gasteiger charge is 2.28. The summed E-state index contributed by atoms with van der Waals surface area (Å²) in [6, 6.07) is 12.4. The van der Waals surface area contributed by atoms with Crippen LogP contribution in [0.5, 0.6) is 11.5 Å². The fourth-order valence-corrected chi connectivity index (χ4v) is 4.04. The molecule has 5 heteroatoms. The average molecular weight is 380 g/mol. The molecule has 0 unspecified atom stereocenters. The van der Waals surface area contributed by atoms with Gasteiger partial charge in [-0.05, 0) is 68.1 Å². The zero-order valence-electron chi connectivity index (χ0n) is 16.7. The average Bonchev–Trinajstić information content (AvgIpc) is 3.00. The van der Waals surface area contributed by atoms with Crippen LogP contribution in [-0.2, 0) is 4.79 Å². The Morgan fingerprint density at radius 1 is 1.11 bits per heavy atom. The lowest BCUT2D eigenvalue weighted by molar-refractivity contribution is -0.117. The van der Waals surface area contributed by atoms with Crippen LogP contribution in [-0.4, -0.2) is 37.1 Å². The topological polar surface area (TPSA) is 50.8 Å². The molecule has 2 aliphatic heterocycles. The number of nitrogens with zero attached hydrogens (tertiary/aromatic N) is 1. The number of anilines is 1. The van der Waals surface area contributed by atoms with Crippen molar-refractivity contribution in [3.05, 3.63) is 53.1 Å². The van der Waals surface area contributed by atoms with E-state index in [-0.39, 0.29) is 11.9 Å². The van der Waals surface area contributed by atoms with E-state index in [0.29, 0.717) is 19.8 Å². The number of amides is 1. The van der Waals surface area contributed by atoms with Gasteiger partial charge in [0, 0.05) is 18.2 Å². The lowest BCUT2D eigenvalue weighted by atomic mass is 10.0. The Morgan fingerprint density at radius 2 is 1.93 bits per heavy atom. The van der Waals surface area contributed by atoms with Crippen molar-refractivity contribution in [1.82, 2.24) is 4.90 Å². The summed E-state index contributed by atoms with van der Waals surface area (Å²) >= 11 is 0. The Hall–Kier alpha value is -2.53. The predicted molar refractivity (Wildman–Crippen MR) is 110 cm³/mol. The minimum absolute atomic E-state index is 0.0370. The molecule has 2 aromatic rings. The lowest BCUT2D eigenvalue weighted by Crippen LogP contribution is -2.33. The molecule has 0 bridgehead atoms. The Labute approximate surface area is 166 Å². The number of nitrogens with one attached hydrogen (secondary N) is 1. The van der Waals surface area contributed by atoms with Crippen molar-refractivity contribution >= 4 is 11.6 Å². The van der Waals surface area contributed by atoms with Crippen LogP contribution in [0.15, 0.2) is 36.4 Å². The van der Waals surface area contributed by atoms with Gasteiger partial charge in [-0.1, -0.05) is 18.2 Å². The molecule has 0 spiro atoms. The van der Waals surface area contributed by atoms with Gasteiger partial charge in [-0.25, -0.2) is 0 Å². The molecule has 2 aliphatic rings. The summed E-state index contributed by atoms with van der Waals surface area (Å²) in [5.74, 6) is 1.68. The third kappa shape index (κ3) is 3.99. The molecule has 1 saturated heterocycles. The van der Waals surface area contributed by atoms with Crippen molar-refractivity contribution in [3.63, 3.8) is 0 Å². The van der Waals surface area contributed by atoms with Gasteiger partial charge in [-0.2, -0.15) is 0 Å². The highest BCUT2D eigenvalue weighted by molar-refractivity contribution is 5.93. The number of carbonyl (C=O) groups excluding carboxylic acids is 1. The van der Waals surface area contributed by atoms with Gasteiger partial charge in [0.2, 0.25) is 5.91 Å². The summed E-state index contributed by atoms with van der Waals surface area (Å²) in [6.07, 6.45) is 3.05. The molecule has 1 N–H and O–H groups in total. The molecular weight excluding hydrogens is 352 g/mol. The predicted octanol–water partition coefficient (Wildman–Crippen LogP) is 4.24. The Kier molecular flexibility index (Phi) is 5.53. The molecule has 0 aliphatic carbocycles. The van der Waals surface area contributed by atoms with E-state index in [1.54, 1.807) is 0 Å². The summed E-state index contributed by atoms with van der Waals surface area (Å²) in [7, 11) is 0. The second kappa shape index (κ2) is 8.23. The highest BCUT2D eigenvalue weighted by Crippen LogP contribution is 2.37. The Balaban J connectivity index is 1.46. The Bertz CT molecular complexity index is 865. The van der Waals surface area contributed by atoms with Crippen molar-refractivity contribution in [2.45, 2.75) is 39.2 Å². The third-order valence-corrected chi connectivity index (χ3v) is 5.75. The van der Waals surface area contributed by atoms with E-state index in [0.717, 1.165) is 48.6 Å². The normalized spacial score (nSPS) is 19.3. The molecule has 28 heavy (non-hydrogen) atoms. The molecule has 1 amide bonds. The van der Waals surface area contributed by atoms with Gasteiger partial charge < -0.3 is 14.8 Å². The molecule has 5 nitrogen and oxygen atoms in total. The maximum atomic E-state index is 12.7. The first-order valence-electron chi connectivity index (χ1n) is 10.1. The van der Waals surface area contributed by atoms with Crippen molar-refractivity contribution in [2.75, 3.05) is 31.6 Å². The first-order chi connectivity index (χ1) is 13.6. The molecule has 0 aromatic heterocycles. The number of rotatable bonds is 4. The van der Waals surface area contributed by atoms with E-state index in [2.05, 4.69) is 35.3 Å². The summed E-state index contributed by atoms with van der Waals surface area (Å²) in [5, 5.41) is 3.08. The smallest absolute Gasteiger partial charge is 0.238 e. The van der Waals surface area contributed by atoms with E-state index in [1.165, 1.54) is 11.1 Å². The van der Waals surface area contributed by atoms with Crippen LogP contribution < -0.4 is 14.8 Å². The first kappa shape index (κ1) is 18.8. The standard InChI is InChI=1S/C23H28N2O3/c1-16-6-3-7-19(17(16)2)24-23(26)15-25-11-4-8-20(25)18-9-10-21-22(14-18)28-13-5-12-27-21/h3,6-7,9-10,14,20H,4-5,8,11-13,15H2,1-2H3,(H,24,26)/t20-/m0/s1. The number of likely N-dealkylation sites (tertiary alicyclic amines) is 1. The largest absolute Gasteiger partial charge is 0.490 e. The first-order valence-corrected chi connectivity index (χ1v) is 10.1. The van der Waals surface area contributed by atoms with Gasteiger partial charge in [-0.15, -0.1) is 0 Å². The number of benzene rings is 2. The molecule has 148 valence electrons. The van der Waals surface area contributed by atoms with Crippen molar-refractivity contribution in [1.29, 1.82) is 0 Å². The maximum Gasteiger partial charge on any atom is 0.238 e. The third-order valence-electron chi connectivity index (χ3n) is 5.75. The van der Waals surface area contributed by atoms with E-state index in [4.69, 9.17) is 9.47 Å². The molecule has 2 heterocycles. The maximum absolute atomic E-state index is 12.7. The van der Waals surface area contributed by atoms with Crippen LogP contribution in [0.3, 0.4) is 0 Å². The Morgan fingerprint density at radius 3 is 2.79 bits per heavy atom. The minimum Gasteiger partial charge on any atom is -0.490 e.